The third-order valence-electron chi connectivity index (χ3n) is 5.68. The summed E-state index contributed by atoms with van der Waals surface area (Å²) in [4.78, 5) is 15.4. The molecule has 0 aromatic heterocycles. The van der Waals surface area contributed by atoms with Gasteiger partial charge >= 0.3 is 0 Å². The normalized spacial score (nSPS) is 18.5. The monoisotopic (exact) mass is 447 g/mol. The standard InChI is InChI=1S/C27H29NOS2/c29-27-25(20-30-18-23-12-6-2-7-13-23)16-26(21-31-19-24-14-8-3-9-15-24)28(27)17-22-10-4-1-5-11-22/h1-15,25-26H,16-21H2. The van der Waals surface area contributed by atoms with Crippen molar-refractivity contribution < 1.29 is 4.79 Å². The van der Waals surface area contributed by atoms with Crippen LogP contribution in [0.3, 0.4) is 0 Å². The summed E-state index contributed by atoms with van der Waals surface area (Å²) >= 11 is 3.83. The molecule has 1 heterocycles. The Kier molecular flexibility index (Phi) is 8.14. The molecule has 2 nitrogen and oxygen atoms in total. The van der Waals surface area contributed by atoms with E-state index in [9.17, 15) is 4.79 Å². The summed E-state index contributed by atoms with van der Waals surface area (Å²) in [6, 6.07) is 31.8. The van der Waals surface area contributed by atoms with Crippen molar-refractivity contribution in [3.8, 4) is 0 Å². The van der Waals surface area contributed by atoms with Gasteiger partial charge in [0.1, 0.15) is 0 Å². The Hall–Kier alpha value is -2.17. The molecule has 0 aliphatic carbocycles. The number of hydrogen-bond acceptors (Lipinski definition) is 3. The van der Waals surface area contributed by atoms with Crippen molar-refractivity contribution in [3.63, 3.8) is 0 Å². The highest BCUT2D eigenvalue weighted by Gasteiger charge is 2.38. The molecule has 31 heavy (non-hydrogen) atoms. The lowest BCUT2D eigenvalue weighted by Crippen LogP contribution is -2.35. The van der Waals surface area contributed by atoms with E-state index in [-0.39, 0.29) is 5.92 Å². The number of amides is 1. The first-order valence-electron chi connectivity index (χ1n) is 10.9. The molecule has 1 saturated heterocycles. The van der Waals surface area contributed by atoms with Gasteiger partial charge in [0.2, 0.25) is 5.91 Å². The van der Waals surface area contributed by atoms with Gasteiger partial charge in [-0.15, -0.1) is 0 Å². The number of carbonyl (C=O) groups excluding carboxylic acids is 1. The van der Waals surface area contributed by atoms with E-state index in [1.165, 1.54) is 16.7 Å². The van der Waals surface area contributed by atoms with Crippen LogP contribution in [0.15, 0.2) is 91.0 Å². The fourth-order valence-corrected chi connectivity index (χ4v) is 6.28. The Morgan fingerprint density at radius 1 is 0.677 bits per heavy atom. The second kappa shape index (κ2) is 11.4. The largest absolute Gasteiger partial charge is 0.334 e. The molecular weight excluding hydrogens is 418 g/mol. The predicted molar refractivity (Wildman–Crippen MR) is 134 cm³/mol. The number of hydrogen-bond donors (Lipinski definition) is 0. The smallest absolute Gasteiger partial charge is 0.227 e. The molecule has 0 saturated carbocycles. The lowest BCUT2D eigenvalue weighted by Gasteiger charge is -2.25. The van der Waals surface area contributed by atoms with Crippen LogP contribution in [0.25, 0.3) is 0 Å². The van der Waals surface area contributed by atoms with Gasteiger partial charge in [0.25, 0.3) is 0 Å². The molecule has 4 rings (SSSR count). The molecule has 1 aliphatic rings. The fraction of sp³-hybridized carbons (Fsp3) is 0.296. The van der Waals surface area contributed by atoms with E-state index in [1.807, 2.05) is 35.7 Å². The summed E-state index contributed by atoms with van der Waals surface area (Å²) in [5.74, 6) is 4.32. The van der Waals surface area contributed by atoms with Crippen LogP contribution in [0.4, 0.5) is 0 Å². The molecule has 160 valence electrons. The van der Waals surface area contributed by atoms with Gasteiger partial charge in [-0.25, -0.2) is 0 Å². The zero-order valence-electron chi connectivity index (χ0n) is 17.7. The van der Waals surface area contributed by atoms with Gasteiger partial charge in [-0.1, -0.05) is 91.0 Å². The number of thioether (sulfide) groups is 2. The van der Waals surface area contributed by atoms with E-state index in [1.54, 1.807) is 0 Å². The second-order valence-corrected chi connectivity index (χ2v) is 10.1. The number of likely N-dealkylation sites (tertiary alicyclic amines) is 1. The van der Waals surface area contributed by atoms with Gasteiger partial charge in [-0.05, 0) is 23.1 Å². The lowest BCUT2D eigenvalue weighted by atomic mass is 10.1. The number of nitrogens with zero attached hydrogens (tertiary/aromatic N) is 1. The molecule has 0 spiro atoms. The Bertz CT molecular complexity index is 933. The van der Waals surface area contributed by atoms with E-state index >= 15 is 0 Å². The quantitative estimate of drug-likeness (QED) is 0.365. The summed E-state index contributed by atoms with van der Waals surface area (Å²) in [6.07, 6.45) is 0.968. The van der Waals surface area contributed by atoms with E-state index in [4.69, 9.17) is 0 Å². The maximum Gasteiger partial charge on any atom is 0.227 e. The first kappa shape index (κ1) is 22.0. The summed E-state index contributed by atoms with van der Waals surface area (Å²) < 4.78 is 0. The average Bonchev–Trinajstić information content (AvgIpc) is 3.10. The van der Waals surface area contributed by atoms with Crippen molar-refractivity contribution in [2.45, 2.75) is 30.5 Å². The zero-order valence-corrected chi connectivity index (χ0v) is 19.4. The fourth-order valence-electron chi connectivity index (χ4n) is 4.04. The van der Waals surface area contributed by atoms with Crippen LogP contribution in [0, 0.1) is 5.92 Å². The molecule has 0 radical (unpaired) electrons. The van der Waals surface area contributed by atoms with Gasteiger partial charge in [0.15, 0.2) is 0 Å². The van der Waals surface area contributed by atoms with Crippen molar-refractivity contribution in [3.05, 3.63) is 108 Å². The Balaban J connectivity index is 1.36. The summed E-state index contributed by atoms with van der Waals surface area (Å²) in [5, 5.41) is 0. The SMILES string of the molecule is O=C1C(CSCc2ccccc2)CC(CSCc2ccccc2)N1Cc1ccccc1. The minimum atomic E-state index is 0.125. The van der Waals surface area contributed by atoms with Crippen molar-refractivity contribution >= 4 is 29.4 Å². The molecule has 2 atom stereocenters. The average molecular weight is 448 g/mol. The van der Waals surface area contributed by atoms with Crippen LogP contribution < -0.4 is 0 Å². The Labute approximate surface area is 194 Å². The lowest BCUT2D eigenvalue weighted by molar-refractivity contribution is -0.131. The summed E-state index contributed by atoms with van der Waals surface area (Å²) in [6.45, 7) is 0.718. The molecule has 4 heteroatoms. The predicted octanol–water partition coefficient (Wildman–Crippen LogP) is 6.27. The Morgan fingerprint density at radius 2 is 1.16 bits per heavy atom. The maximum atomic E-state index is 13.3. The minimum Gasteiger partial charge on any atom is -0.334 e. The molecule has 3 aromatic carbocycles. The topological polar surface area (TPSA) is 20.3 Å². The summed E-state index contributed by atoms with van der Waals surface area (Å²) in [7, 11) is 0. The van der Waals surface area contributed by atoms with Gasteiger partial charge in [-0.2, -0.15) is 23.5 Å². The van der Waals surface area contributed by atoms with Gasteiger partial charge in [-0.3, -0.25) is 4.79 Å². The molecule has 1 amide bonds. The number of benzene rings is 3. The maximum absolute atomic E-state index is 13.3. The third-order valence-corrected chi connectivity index (χ3v) is 8.01. The van der Waals surface area contributed by atoms with Crippen LogP contribution in [0.2, 0.25) is 0 Å². The number of rotatable bonds is 10. The van der Waals surface area contributed by atoms with E-state index in [0.29, 0.717) is 11.9 Å². The molecule has 0 N–H and O–H groups in total. The number of carbonyl (C=O) groups is 1. The van der Waals surface area contributed by atoms with Crippen LogP contribution in [0.5, 0.6) is 0 Å². The van der Waals surface area contributed by atoms with E-state index in [0.717, 1.165) is 36.0 Å². The molecule has 3 aromatic rings. The van der Waals surface area contributed by atoms with Crippen LogP contribution in [0.1, 0.15) is 23.1 Å². The van der Waals surface area contributed by atoms with E-state index < -0.39 is 0 Å². The zero-order chi connectivity index (χ0) is 21.3. The molecular formula is C27H29NOS2. The van der Waals surface area contributed by atoms with Crippen LogP contribution >= 0.6 is 23.5 Å². The van der Waals surface area contributed by atoms with Gasteiger partial charge in [0, 0.05) is 41.5 Å². The highest BCUT2D eigenvalue weighted by molar-refractivity contribution is 7.98. The van der Waals surface area contributed by atoms with Crippen molar-refractivity contribution in [2.75, 3.05) is 11.5 Å². The molecule has 1 aliphatic heterocycles. The Morgan fingerprint density at radius 3 is 1.71 bits per heavy atom. The van der Waals surface area contributed by atoms with Crippen LogP contribution in [-0.4, -0.2) is 28.4 Å². The highest BCUT2D eigenvalue weighted by atomic mass is 32.2. The third kappa shape index (κ3) is 6.41. The van der Waals surface area contributed by atoms with Crippen molar-refractivity contribution in [1.82, 2.24) is 4.90 Å². The van der Waals surface area contributed by atoms with E-state index in [2.05, 4.69) is 83.8 Å². The van der Waals surface area contributed by atoms with Crippen LogP contribution in [-0.2, 0) is 22.8 Å². The van der Waals surface area contributed by atoms with Gasteiger partial charge in [0.05, 0.1) is 0 Å². The van der Waals surface area contributed by atoms with Crippen molar-refractivity contribution in [2.24, 2.45) is 5.92 Å². The molecule has 2 unspecified atom stereocenters. The van der Waals surface area contributed by atoms with Crippen molar-refractivity contribution in [1.29, 1.82) is 0 Å². The highest BCUT2D eigenvalue weighted by Crippen LogP contribution is 2.32. The second-order valence-electron chi connectivity index (χ2n) is 8.04. The first-order chi connectivity index (χ1) is 15.3. The summed E-state index contributed by atoms with van der Waals surface area (Å²) in [5.41, 5.74) is 3.89. The molecule has 1 fully saturated rings. The van der Waals surface area contributed by atoms with Gasteiger partial charge < -0.3 is 4.90 Å². The molecule has 0 bridgehead atoms. The minimum absolute atomic E-state index is 0.125. The first-order valence-corrected chi connectivity index (χ1v) is 13.2.